The Balaban J connectivity index is 1.87. The van der Waals surface area contributed by atoms with Gasteiger partial charge in [-0.05, 0) is 25.0 Å². The number of rotatable bonds is 3. The van der Waals surface area contributed by atoms with E-state index in [1.807, 2.05) is 4.90 Å². The summed E-state index contributed by atoms with van der Waals surface area (Å²) in [5.41, 5.74) is 0.382. The Morgan fingerprint density at radius 2 is 1.91 bits per heavy atom. The molecule has 0 saturated carbocycles. The Labute approximate surface area is 128 Å². The molecule has 8 nitrogen and oxygen atoms in total. The first kappa shape index (κ1) is 15.2. The average molecular weight is 327 g/mol. The summed E-state index contributed by atoms with van der Waals surface area (Å²) in [4.78, 5) is 12.3. The zero-order valence-electron chi connectivity index (χ0n) is 11.9. The predicted octanol–water partition coefficient (Wildman–Crippen LogP) is 0.859. The Morgan fingerprint density at radius 1 is 1.27 bits per heavy atom. The number of hydrogen-bond acceptors (Lipinski definition) is 6. The minimum Gasteiger partial charge on any atom is -0.381 e. The molecule has 2 heterocycles. The second-order valence-corrected chi connectivity index (χ2v) is 7.48. The molecule has 0 aromatic heterocycles. The van der Waals surface area contributed by atoms with Crippen molar-refractivity contribution in [1.82, 2.24) is 0 Å². The van der Waals surface area contributed by atoms with Crippen LogP contribution in [0.5, 0.6) is 0 Å². The Hall–Kier alpha value is -1.71. The summed E-state index contributed by atoms with van der Waals surface area (Å²) in [5, 5.41) is 16.3. The van der Waals surface area contributed by atoms with E-state index in [1.54, 1.807) is 0 Å². The number of benzene rings is 1. The third-order valence-electron chi connectivity index (χ3n) is 4.42. The molecule has 1 spiro atoms. The van der Waals surface area contributed by atoms with Crippen LogP contribution >= 0.6 is 0 Å². The average Bonchev–Trinajstić information content (AvgIpc) is 2.44. The molecular weight excluding hydrogens is 310 g/mol. The fraction of sp³-hybridized carbons (Fsp3) is 0.538. The maximum Gasteiger partial charge on any atom is 0.293 e. The number of sulfonamides is 1. The summed E-state index contributed by atoms with van der Waals surface area (Å²) in [5.74, 6) is 0. The van der Waals surface area contributed by atoms with Crippen LogP contribution in [0.4, 0.5) is 11.4 Å². The minimum absolute atomic E-state index is 0.171. The number of anilines is 1. The molecule has 2 fully saturated rings. The van der Waals surface area contributed by atoms with Gasteiger partial charge in [0.25, 0.3) is 5.69 Å². The van der Waals surface area contributed by atoms with E-state index in [9.17, 15) is 18.5 Å². The lowest BCUT2D eigenvalue weighted by Crippen LogP contribution is -2.58. The van der Waals surface area contributed by atoms with Crippen LogP contribution in [0.15, 0.2) is 23.1 Å². The molecule has 2 N–H and O–H groups in total. The maximum atomic E-state index is 11.3. The zero-order valence-corrected chi connectivity index (χ0v) is 12.7. The molecule has 2 aliphatic rings. The van der Waals surface area contributed by atoms with Crippen molar-refractivity contribution in [2.75, 3.05) is 31.2 Å². The highest BCUT2D eigenvalue weighted by Crippen LogP contribution is 2.44. The lowest BCUT2D eigenvalue weighted by Gasteiger charge is -2.53. The quantitative estimate of drug-likeness (QED) is 0.650. The highest BCUT2D eigenvalue weighted by atomic mass is 32.2. The Morgan fingerprint density at radius 3 is 2.45 bits per heavy atom. The Bertz CT molecular complexity index is 704. The standard InChI is InChI=1S/C13H17N3O5S/c14-22(19,20)10-1-2-11(12(7-10)16(17)18)15-8-13(9-15)3-5-21-6-4-13/h1-2,7H,3-6,8-9H2,(H2,14,19,20). The fourth-order valence-corrected chi connectivity index (χ4v) is 3.68. The van der Waals surface area contributed by atoms with Crippen LogP contribution in [0.3, 0.4) is 0 Å². The maximum absolute atomic E-state index is 11.3. The van der Waals surface area contributed by atoms with Crippen molar-refractivity contribution in [2.45, 2.75) is 17.7 Å². The summed E-state index contributed by atoms with van der Waals surface area (Å²) in [6.45, 7) is 2.90. The van der Waals surface area contributed by atoms with E-state index in [-0.39, 0.29) is 16.0 Å². The summed E-state index contributed by atoms with van der Waals surface area (Å²) < 4.78 is 28.0. The number of nitro groups is 1. The summed E-state index contributed by atoms with van der Waals surface area (Å²) in [6.07, 6.45) is 1.90. The van der Waals surface area contributed by atoms with E-state index in [2.05, 4.69) is 0 Å². The van der Waals surface area contributed by atoms with Crippen LogP contribution in [0.25, 0.3) is 0 Å². The van der Waals surface area contributed by atoms with Gasteiger partial charge in [-0.1, -0.05) is 0 Å². The molecule has 0 radical (unpaired) electrons. The van der Waals surface area contributed by atoms with Crippen molar-refractivity contribution in [3.8, 4) is 0 Å². The van der Waals surface area contributed by atoms with Crippen molar-refractivity contribution < 1.29 is 18.1 Å². The van der Waals surface area contributed by atoms with Gasteiger partial charge in [0.1, 0.15) is 5.69 Å². The van der Waals surface area contributed by atoms with Gasteiger partial charge in [0.2, 0.25) is 10.0 Å². The monoisotopic (exact) mass is 327 g/mol. The van der Waals surface area contributed by atoms with E-state index in [0.29, 0.717) is 5.69 Å². The van der Waals surface area contributed by atoms with Crippen LogP contribution in [-0.2, 0) is 14.8 Å². The number of nitro benzene ring substituents is 1. The van der Waals surface area contributed by atoms with Gasteiger partial charge < -0.3 is 9.64 Å². The van der Waals surface area contributed by atoms with E-state index >= 15 is 0 Å². The number of nitrogens with zero attached hydrogens (tertiary/aromatic N) is 2. The largest absolute Gasteiger partial charge is 0.381 e. The number of hydrogen-bond donors (Lipinski definition) is 1. The van der Waals surface area contributed by atoms with Gasteiger partial charge in [0, 0.05) is 37.8 Å². The first-order valence-corrected chi connectivity index (χ1v) is 8.49. The van der Waals surface area contributed by atoms with Gasteiger partial charge in [-0.25, -0.2) is 13.6 Å². The fourth-order valence-electron chi connectivity index (χ4n) is 3.15. The zero-order chi connectivity index (χ0) is 16.0. The molecule has 9 heteroatoms. The third kappa shape index (κ3) is 2.67. The Kier molecular flexibility index (Phi) is 3.58. The van der Waals surface area contributed by atoms with Crippen molar-refractivity contribution in [3.05, 3.63) is 28.3 Å². The van der Waals surface area contributed by atoms with Crippen molar-refractivity contribution in [2.24, 2.45) is 10.6 Å². The summed E-state index contributed by atoms with van der Waals surface area (Å²) >= 11 is 0. The number of ether oxygens (including phenoxy) is 1. The van der Waals surface area contributed by atoms with Crippen molar-refractivity contribution in [1.29, 1.82) is 0 Å². The normalized spacial score (nSPS) is 20.7. The van der Waals surface area contributed by atoms with E-state index < -0.39 is 14.9 Å². The molecule has 1 aromatic rings. The van der Waals surface area contributed by atoms with Crippen LogP contribution in [0.2, 0.25) is 0 Å². The van der Waals surface area contributed by atoms with Crippen molar-refractivity contribution in [3.63, 3.8) is 0 Å². The van der Waals surface area contributed by atoms with Crippen LogP contribution in [0.1, 0.15) is 12.8 Å². The smallest absolute Gasteiger partial charge is 0.293 e. The minimum atomic E-state index is -3.96. The molecule has 120 valence electrons. The molecule has 2 saturated heterocycles. The van der Waals surface area contributed by atoms with Crippen LogP contribution in [-0.4, -0.2) is 39.6 Å². The summed E-state index contributed by atoms with van der Waals surface area (Å²) in [6, 6.07) is 3.80. The van der Waals surface area contributed by atoms with Gasteiger partial charge in [0.05, 0.1) is 9.82 Å². The topological polar surface area (TPSA) is 116 Å². The van der Waals surface area contributed by atoms with Crippen LogP contribution < -0.4 is 10.0 Å². The second-order valence-electron chi connectivity index (χ2n) is 5.92. The SMILES string of the molecule is NS(=O)(=O)c1ccc(N2CC3(CCOCC3)C2)c([N+](=O)[O-])c1. The van der Waals surface area contributed by atoms with Gasteiger partial charge >= 0.3 is 0 Å². The van der Waals surface area contributed by atoms with E-state index in [4.69, 9.17) is 9.88 Å². The van der Waals surface area contributed by atoms with Gasteiger partial charge in [0.15, 0.2) is 0 Å². The van der Waals surface area contributed by atoms with E-state index in [0.717, 1.165) is 45.2 Å². The first-order chi connectivity index (χ1) is 10.3. The molecule has 2 aliphatic heterocycles. The molecular formula is C13H17N3O5S. The van der Waals surface area contributed by atoms with Crippen LogP contribution in [0, 0.1) is 15.5 Å². The molecule has 3 rings (SSSR count). The predicted molar refractivity (Wildman–Crippen MR) is 79.2 cm³/mol. The van der Waals surface area contributed by atoms with Gasteiger partial charge in [-0.3, -0.25) is 10.1 Å². The highest BCUT2D eigenvalue weighted by molar-refractivity contribution is 7.89. The molecule has 0 amide bonds. The highest BCUT2D eigenvalue weighted by Gasteiger charge is 2.45. The number of nitrogens with two attached hydrogens (primary N) is 1. The van der Waals surface area contributed by atoms with Gasteiger partial charge in [-0.2, -0.15) is 0 Å². The number of primary sulfonamides is 1. The molecule has 0 aliphatic carbocycles. The molecule has 0 unspecified atom stereocenters. The molecule has 0 atom stereocenters. The van der Waals surface area contributed by atoms with Crippen molar-refractivity contribution >= 4 is 21.4 Å². The lowest BCUT2D eigenvalue weighted by molar-refractivity contribution is -0.384. The lowest BCUT2D eigenvalue weighted by atomic mass is 9.73. The van der Waals surface area contributed by atoms with E-state index in [1.165, 1.54) is 12.1 Å². The summed E-state index contributed by atoms with van der Waals surface area (Å²) in [7, 11) is -3.96. The second kappa shape index (κ2) is 5.18. The third-order valence-corrected chi connectivity index (χ3v) is 5.33. The molecule has 22 heavy (non-hydrogen) atoms. The van der Waals surface area contributed by atoms with Gasteiger partial charge in [-0.15, -0.1) is 0 Å². The molecule has 1 aromatic carbocycles. The first-order valence-electron chi connectivity index (χ1n) is 6.95. The molecule has 0 bridgehead atoms.